The van der Waals surface area contributed by atoms with Gasteiger partial charge in [0, 0.05) is 32.8 Å². The first-order valence-electron chi connectivity index (χ1n) is 13.5. The molecule has 5 aliphatic heterocycles. The van der Waals surface area contributed by atoms with Gasteiger partial charge in [-0.05, 0) is 81.9 Å². The van der Waals surface area contributed by atoms with Gasteiger partial charge in [-0.1, -0.05) is 51.0 Å². The van der Waals surface area contributed by atoms with Crippen molar-refractivity contribution in [2.45, 2.75) is 124 Å². The third-order valence-corrected chi connectivity index (χ3v) is 15.3. The number of aliphatic hydroxyl groups is 2. The summed E-state index contributed by atoms with van der Waals surface area (Å²) in [4.78, 5) is 11.0. The molecule has 1 fully saturated rings. The Hall–Kier alpha value is -0.670. The Morgan fingerprint density at radius 3 is 1.57 bits per heavy atom. The van der Waals surface area contributed by atoms with Crippen LogP contribution in [0, 0.1) is 11.8 Å². The highest BCUT2D eigenvalue weighted by atomic mass is 31.1. The molecule has 4 bridgehead atoms. The van der Waals surface area contributed by atoms with Gasteiger partial charge in [0.05, 0.1) is 24.4 Å². The van der Waals surface area contributed by atoms with Gasteiger partial charge in [0.25, 0.3) is 0 Å². The zero-order valence-electron chi connectivity index (χ0n) is 24.8. The summed E-state index contributed by atoms with van der Waals surface area (Å²) >= 11 is 0. The Morgan fingerprint density at radius 2 is 1.22 bits per heavy atom. The first-order chi connectivity index (χ1) is 17.0. The van der Waals surface area contributed by atoms with E-state index in [1.165, 1.54) is 21.8 Å². The second kappa shape index (κ2) is 11.1. The summed E-state index contributed by atoms with van der Waals surface area (Å²) in [5, 5.41) is 23.0. The maximum Gasteiger partial charge on any atom is 0.185 e. The van der Waals surface area contributed by atoms with Gasteiger partial charge in [-0.2, -0.15) is 0 Å². The summed E-state index contributed by atoms with van der Waals surface area (Å²) in [5.41, 5.74) is 2.82. The number of ether oxygens (including phenoxy) is 2. The number of allylic oxidation sites excluding steroid dienone is 7. The minimum absolute atomic E-state index is 0.0889. The Balaban J connectivity index is 0.000000175. The second-order valence-corrected chi connectivity index (χ2v) is 18.3. The Kier molecular flexibility index (Phi) is 9.23. The summed E-state index contributed by atoms with van der Waals surface area (Å²) in [7, 11) is -0.538. The molecule has 4 unspecified atom stereocenters. The molecule has 5 heterocycles. The second-order valence-electron chi connectivity index (χ2n) is 12.3. The Bertz CT molecular complexity index is 1020. The smallest absolute Gasteiger partial charge is 0.185 e. The number of rotatable bonds is 3. The van der Waals surface area contributed by atoms with Crippen molar-refractivity contribution < 1.29 is 24.5 Å². The van der Waals surface area contributed by atoms with Gasteiger partial charge in [0.15, 0.2) is 12.6 Å². The SMILES string of the molecule is CC1=CC2C(C)=C(C3O[C@@H](C)[C@H](C)O3)P1C2(C)C.CC1=CC2C(C)=C(C=O)P1C2(C)C.C[C@H](O)[C@H](C)O. The molecule has 0 amide bonds. The van der Waals surface area contributed by atoms with E-state index >= 15 is 0 Å². The highest BCUT2D eigenvalue weighted by Crippen LogP contribution is 2.77. The lowest BCUT2D eigenvalue weighted by atomic mass is 9.88. The highest BCUT2D eigenvalue weighted by molar-refractivity contribution is 7.69. The molecule has 2 N–H and O–H groups in total. The zero-order valence-corrected chi connectivity index (χ0v) is 26.6. The normalized spacial score (nSPS) is 36.5. The van der Waals surface area contributed by atoms with Crippen LogP contribution in [0.15, 0.2) is 44.6 Å². The van der Waals surface area contributed by atoms with Crippen LogP contribution < -0.4 is 0 Å². The molecular weight excluding hydrogens is 502 g/mol. The molecule has 0 aromatic rings. The van der Waals surface area contributed by atoms with Crippen molar-refractivity contribution in [2.75, 3.05) is 0 Å². The van der Waals surface area contributed by atoms with Crippen LogP contribution >= 0.6 is 15.8 Å². The maximum atomic E-state index is 11.0. The van der Waals surface area contributed by atoms with E-state index in [4.69, 9.17) is 19.7 Å². The van der Waals surface area contributed by atoms with Crippen molar-refractivity contribution in [3.8, 4) is 0 Å². The number of carbonyl (C=O) groups excluding carboxylic acids is 1. The van der Waals surface area contributed by atoms with E-state index in [0.717, 1.165) is 11.6 Å². The van der Waals surface area contributed by atoms with Gasteiger partial charge in [-0.25, -0.2) is 0 Å². The van der Waals surface area contributed by atoms with Crippen LogP contribution in [-0.4, -0.2) is 57.5 Å². The van der Waals surface area contributed by atoms with Crippen LogP contribution in [-0.2, 0) is 14.3 Å². The number of aliphatic hydroxyl groups excluding tert-OH is 2. The molecule has 0 aromatic carbocycles. The van der Waals surface area contributed by atoms with Crippen molar-refractivity contribution in [3.63, 3.8) is 0 Å². The Morgan fingerprint density at radius 1 is 0.811 bits per heavy atom. The van der Waals surface area contributed by atoms with Crippen molar-refractivity contribution >= 4 is 22.1 Å². The minimum atomic E-state index is -0.593. The molecule has 5 rings (SSSR count). The predicted molar refractivity (Wildman–Crippen MR) is 156 cm³/mol. The van der Waals surface area contributed by atoms with Gasteiger partial charge in [-0.3, -0.25) is 4.79 Å². The van der Waals surface area contributed by atoms with Gasteiger partial charge in [-0.15, -0.1) is 0 Å². The fourth-order valence-electron chi connectivity index (χ4n) is 6.42. The molecule has 5 aliphatic rings. The van der Waals surface area contributed by atoms with E-state index in [1.807, 2.05) is 0 Å². The molecule has 0 aromatic heterocycles. The molecule has 0 saturated carbocycles. The van der Waals surface area contributed by atoms with Crippen LogP contribution in [0.25, 0.3) is 0 Å². The molecular formula is C30H48O5P2. The van der Waals surface area contributed by atoms with E-state index in [0.29, 0.717) is 22.1 Å². The van der Waals surface area contributed by atoms with Crippen LogP contribution in [0.4, 0.5) is 0 Å². The standard InChI is InChI=1S/C15H23O2P.C11H15OP.C4H10O2/c1-8-7-12-9(2)13(18(8)15(12,5)6)14-16-10(3)11(4)17-14;1-7-5-9-8(2)10(6-12)13(7)11(9,3)4;1-3(5)4(2)6/h7,10-12,14H,1-6H3;5-6,9H,1-4H3;3-6H,1-2H3/t10-,11-,12?,18?;;3-,4-/m0.0/s1. The maximum absolute atomic E-state index is 11.0. The molecule has 7 heteroatoms. The first-order valence-corrected chi connectivity index (χ1v) is 16.2. The molecule has 8 atom stereocenters. The highest BCUT2D eigenvalue weighted by Gasteiger charge is 2.54. The number of fused-ring (bicyclic) bond motifs is 4. The van der Waals surface area contributed by atoms with E-state index < -0.39 is 12.2 Å². The van der Waals surface area contributed by atoms with Gasteiger partial charge in [0.2, 0.25) is 0 Å². The van der Waals surface area contributed by atoms with Crippen molar-refractivity contribution in [2.24, 2.45) is 11.8 Å². The third kappa shape index (κ3) is 5.39. The molecule has 0 radical (unpaired) electrons. The molecule has 37 heavy (non-hydrogen) atoms. The zero-order chi connectivity index (χ0) is 28.2. The minimum Gasteiger partial charge on any atom is -0.391 e. The number of hydrogen-bond acceptors (Lipinski definition) is 5. The number of hydrogen-bond donors (Lipinski definition) is 2. The third-order valence-electron chi connectivity index (χ3n) is 8.79. The lowest BCUT2D eigenvalue weighted by Gasteiger charge is -2.29. The van der Waals surface area contributed by atoms with Gasteiger partial charge >= 0.3 is 0 Å². The number of carbonyl (C=O) groups is 1. The average Bonchev–Trinajstić information content (AvgIpc) is 3.43. The quantitative estimate of drug-likeness (QED) is 0.286. The average molecular weight is 551 g/mol. The predicted octanol–water partition coefficient (Wildman–Crippen LogP) is 7.23. The van der Waals surface area contributed by atoms with Crippen LogP contribution in [0.2, 0.25) is 0 Å². The molecule has 5 nitrogen and oxygen atoms in total. The summed E-state index contributed by atoms with van der Waals surface area (Å²) < 4.78 is 12.1. The lowest BCUT2D eigenvalue weighted by Crippen LogP contribution is -2.20. The fourth-order valence-corrected chi connectivity index (χ4v) is 13.3. The number of aldehydes is 1. The largest absolute Gasteiger partial charge is 0.391 e. The van der Waals surface area contributed by atoms with Crippen molar-refractivity contribution in [3.05, 3.63) is 44.6 Å². The molecule has 208 valence electrons. The van der Waals surface area contributed by atoms with E-state index in [1.54, 1.807) is 19.2 Å². The van der Waals surface area contributed by atoms with E-state index in [9.17, 15) is 4.79 Å². The van der Waals surface area contributed by atoms with Crippen LogP contribution in [0.5, 0.6) is 0 Å². The summed E-state index contributed by atoms with van der Waals surface area (Å²) in [6.07, 6.45) is 5.04. The molecule has 1 saturated heterocycles. The van der Waals surface area contributed by atoms with E-state index in [-0.39, 0.29) is 34.3 Å². The summed E-state index contributed by atoms with van der Waals surface area (Å²) in [6.45, 7) is 25.5. The summed E-state index contributed by atoms with van der Waals surface area (Å²) in [5.74, 6) is 1.12. The van der Waals surface area contributed by atoms with Crippen LogP contribution in [0.1, 0.15) is 83.1 Å². The fraction of sp³-hybridized carbons (Fsp3) is 0.700. The Labute approximate surface area is 227 Å². The first kappa shape index (κ1) is 30.9. The van der Waals surface area contributed by atoms with Gasteiger partial charge in [0.1, 0.15) is 0 Å². The van der Waals surface area contributed by atoms with Gasteiger partial charge < -0.3 is 19.7 Å². The monoisotopic (exact) mass is 550 g/mol. The topological polar surface area (TPSA) is 76.0 Å². The summed E-state index contributed by atoms with van der Waals surface area (Å²) in [6, 6.07) is 0. The molecule has 0 aliphatic carbocycles. The van der Waals surface area contributed by atoms with Crippen molar-refractivity contribution in [1.82, 2.24) is 0 Å². The van der Waals surface area contributed by atoms with E-state index in [2.05, 4.69) is 81.4 Å². The molecule has 0 spiro atoms. The van der Waals surface area contributed by atoms with Crippen LogP contribution in [0.3, 0.4) is 0 Å². The van der Waals surface area contributed by atoms with Crippen molar-refractivity contribution in [1.29, 1.82) is 0 Å². The lowest BCUT2D eigenvalue weighted by molar-refractivity contribution is -0.104.